The normalized spacial score (nSPS) is 24.4. The van der Waals surface area contributed by atoms with Crippen molar-refractivity contribution in [3.05, 3.63) is 35.8 Å². The standard InChI is InChI=1S/C19H21F2N3O2/c20-13-9-24(10-13)15-3-1-14(2-4-15)23-19(26)12-5-11-6-16(21)18(25)7-17(11)22-8-12/h5-8,13-15,25H,1-4,9-10H2,(H,23,26)/t14-,15-. The van der Waals surface area contributed by atoms with E-state index >= 15 is 0 Å². The second-order valence-corrected chi connectivity index (χ2v) is 7.25. The van der Waals surface area contributed by atoms with Gasteiger partial charge in [-0.2, -0.15) is 0 Å². The smallest absolute Gasteiger partial charge is 0.253 e. The molecule has 1 aliphatic heterocycles. The number of nitrogens with zero attached hydrogens (tertiary/aromatic N) is 2. The van der Waals surface area contributed by atoms with Crippen molar-refractivity contribution in [1.29, 1.82) is 0 Å². The van der Waals surface area contributed by atoms with Crippen LogP contribution in [0.5, 0.6) is 5.75 Å². The van der Waals surface area contributed by atoms with Gasteiger partial charge in [0.15, 0.2) is 11.6 Å². The monoisotopic (exact) mass is 361 g/mol. The number of likely N-dealkylation sites (tertiary alicyclic amines) is 1. The largest absolute Gasteiger partial charge is 0.505 e. The zero-order valence-corrected chi connectivity index (χ0v) is 14.3. The van der Waals surface area contributed by atoms with E-state index in [0.29, 0.717) is 35.6 Å². The van der Waals surface area contributed by atoms with Gasteiger partial charge in [-0.05, 0) is 37.8 Å². The molecule has 1 saturated carbocycles. The van der Waals surface area contributed by atoms with E-state index < -0.39 is 17.7 Å². The molecule has 2 aromatic rings. The number of halogens is 2. The Morgan fingerprint density at radius 3 is 2.62 bits per heavy atom. The zero-order chi connectivity index (χ0) is 18.3. The van der Waals surface area contributed by atoms with E-state index in [1.807, 2.05) is 0 Å². The summed E-state index contributed by atoms with van der Waals surface area (Å²) in [6, 6.07) is 4.50. The molecule has 0 unspecified atom stereocenters. The van der Waals surface area contributed by atoms with Gasteiger partial charge < -0.3 is 10.4 Å². The molecule has 4 rings (SSSR count). The lowest BCUT2D eigenvalue weighted by Gasteiger charge is -2.43. The number of hydrogen-bond donors (Lipinski definition) is 2. The number of phenolic OH excluding ortho intramolecular Hbond substituents is 1. The summed E-state index contributed by atoms with van der Waals surface area (Å²) in [5.41, 5.74) is 0.800. The fraction of sp³-hybridized carbons (Fsp3) is 0.474. The summed E-state index contributed by atoms with van der Waals surface area (Å²) < 4.78 is 26.5. The number of phenols is 1. The minimum absolute atomic E-state index is 0.0912. The first-order valence-electron chi connectivity index (χ1n) is 8.97. The first kappa shape index (κ1) is 17.1. The molecule has 2 N–H and O–H groups in total. The summed E-state index contributed by atoms with van der Waals surface area (Å²) in [6.07, 6.45) is 4.40. The van der Waals surface area contributed by atoms with Crippen LogP contribution in [0.3, 0.4) is 0 Å². The van der Waals surface area contributed by atoms with E-state index in [2.05, 4.69) is 15.2 Å². The van der Waals surface area contributed by atoms with Crippen molar-refractivity contribution in [2.24, 2.45) is 0 Å². The number of rotatable bonds is 3. The van der Waals surface area contributed by atoms with Crippen LogP contribution < -0.4 is 5.32 Å². The van der Waals surface area contributed by atoms with Gasteiger partial charge in [-0.1, -0.05) is 0 Å². The molecule has 1 amide bonds. The highest BCUT2D eigenvalue weighted by atomic mass is 19.1. The Bertz CT molecular complexity index is 831. The van der Waals surface area contributed by atoms with Gasteiger partial charge in [0, 0.05) is 42.8 Å². The average molecular weight is 361 g/mol. The molecule has 2 aliphatic rings. The number of aromatic nitrogens is 1. The van der Waals surface area contributed by atoms with Crippen molar-refractivity contribution < 1.29 is 18.7 Å². The number of pyridine rings is 1. The van der Waals surface area contributed by atoms with Gasteiger partial charge in [0.05, 0.1) is 11.1 Å². The summed E-state index contributed by atoms with van der Waals surface area (Å²) in [5, 5.41) is 12.9. The molecule has 2 fully saturated rings. The number of amides is 1. The number of alkyl halides is 1. The maximum absolute atomic E-state index is 13.5. The van der Waals surface area contributed by atoms with E-state index in [1.165, 1.54) is 18.3 Å². The molecule has 1 aliphatic carbocycles. The minimum Gasteiger partial charge on any atom is -0.505 e. The predicted octanol–water partition coefficient (Wildman–Crippen LogP) is 2.77. The third-order valence-corrected chi connectivity index (χ3v) is 5.43. The molecule has 0 spiro atoms. The molecule has 5 nitrogen and oxygen atoms in total. The van der Waals surface area contributed by atoms with Crippen LogP contribution in [0.4, 0.5) is 8.78 Å². The lowest BCUT2D eigenvalue weighted by molar-refractivity contribution is 0.0110. The third-order valence-electron chi connectivity index (χ3n) is 5.43. The first-order valence-corrected chi connectivity index (χ1v) is 8.97. The molecule has 1 aromatic heterocycles. The van der Waals surface area contributed by atoms with Crippen LogP contribution in [0, 0.1) is 5.82 Å². The fourth-order valence-corrected chi connectivity index (χ4v) is 3.87. The van der Waals surface area contributed by atoms with E-state index in [9.17, 15) is 18.7 Å². The van der Waals surface area contributed by atoms with Gasteiger partial charge in [-0.25, -0.2) is 8.78 Å². The van der Waals surface area contributed by atoms with Gasteiger partial charge >= 0.3 is 0 Å². The number of hydrogen-bond acceptors (Lipinski definition) is 4. The summed E-state index contributed by atoms with van der Waals surface area (Å²) >= 11 is 0. The van der Waals surface area contributed by atoms with E-state index in [0.717, 1.165) is 25.7 Å². The van der Waals surface area contributed by atoms with Crippen LogP contribution >= 0.6 is 0 Å². The highest BCUT2D eigenvalue weighted by molar-refractivity contribution is 5.97. The van der Waals surface area contributed by atoms with Crippen LogP contribution in [0.1, 0.15) is 36.0 Å². The number of aromatic hydroxyl groups is 1. The molecule has 1 saturated heterocycles. The van der Waals surface area contributed by atoms with Gasteiger partial charge in [0.2, 0.25) is 0 Å². The lowest BCUT2D eigenvalue weighted by Crippen LogP contribution is -2.55. The number of carbonyl (C=O) groups is 1. The van der Waals surface area contributed by atoms with E-state index in [1.54, 1.807) is 6.07 Å². The second-order valence-electron chi connectivity index (χ2n) is 7.25. The Kier molecular flexibility index (Phi) is 4.48. The Hall–Kier alpha value is -2.28. The molecule has 1 aromatic carbocycles. The van der Waals surface area contributed by atoms with Crippen molar-refractivity contribution in [2.75, 3.05) is 13.1 Å². The maximum Gasteiger partial charge on any atom is 0.253 e. The molecule has 26 heavy (non-hydrogen) atoms. The summed E-state index contributed by atoms with van der Waals surface area (Å²) in [6.45, 7) is 1.08. The van der Waals surface area contributed by atoms with Gasteiger partial charge in [-0.3, -0.25) is 14.7 Å². The average Bonchev–Trinajstić information content (AvgIpc) is 2.60. The highest BCUT2D eigenvalue weighted by Crippen LogP contribution is 2.28. The molecule has 0 atom stereocenters. The van der Waals surface area contributed by atoms with Crippen LogP contribution in [0.25, 0.3) is 10.9 Å². The Morgan fingerprint density at radius 2 is 1.92 bits per heavy atom. The van der Waals surface area contributed by atoms with Crippen molar-refractivity contribution in [3.63, 3.8) is 0 Å². The molecular formula is C19H21F2N3O2. The van der Waals surface area contributed by atoms with E-state index in [-0.39, 0.29) is 11.9 Å². The highest BCUT2D eigenvalue weighted by Gasteiger charge is 2.34. The Labute approximate surface area is 150 Å². The molecule has 0 bridgehead atoms. The molecule has 7 heteroatoms. The SMILES string of the molecule is O=C(N[C@H]1CC[C@H](N2CC(F)C2)CC1)c1cnc2cc(O)c(F)cc2c1. The van der Waals surface area contributed by atoms with Gasteiger partial charge in [-0.15, -0.1) is 0 Å². The van der Waals surface area contributed by atoms with Crippen LogP contribution in [-0.2, 0) is 0 Å². The number of nitrogens with one attached hydrogen (secondary N) is 1. The quantitative estimate of drug-likeness (QED) is 0.882. The zero-order valence-electron chi connectivity index (χ0n) is 14.3. The summed E-state index contributed by atoms with van der Waals surface area (Å²) in [5.74, 6) is -1.43. The van der Waals surface area contributed by atoms with Gasteiger partial charge in [0.1, 0.15) is 6.17 Å². The molecule has 2 heterocycles. The topological polar surface area (TPSA) is 65.5 Å². The summed E-state index contributed by atoms with van der Waals surface area (Å²) in [7, 11) is 0. The van der Waals surface area contributed by atoms with Crippen molar-refractivity contribution in [1.82, 2.24) is 15.2 Å². The fourth-order valence-electron chi connectivity index (χ4n) is 3.87. The number of fused-ring (bicyclic) bond motifs is 1. The maximum atomic E-state index is 13.5. The van der Waals surface area contributed by atoms with Gasteiger partial charge in [0.25, 0.3) is 5.91 Å². The third kappa shape index (κ3) is 3.35. The Balaban J connectivity index is 1.37. The number of benzene rings is 1. The Morgan fingerprint density at radius 1 is 1.19 bits per heavy atom. The van der Waals surface area contributed by atoms with Crippen molar-refractivity contribution >= 4 is 16.8 Å². The van der Waals surface area contributed by atoms with Crippen molar-refractivity contribution in [3.8, 4) is 5.75 Å². The lowest BCUT2D eigenvalue weighted by atomic mass is 9.88. The van der Waals surface area contributed by atoms with Crippen LogP contribution in [-0.4, -0.2) is 52.2 Å². The summed E-state index contributed by atoms with van der Waals surface area (Å²) in [4.78, 5) is 18.8. The van der Waals surface area contributed by atoms with Crippen LogP contribution in [0.15, 0.2) is 24.4 Å². The number of carbonyl (C=O) groups excluding carboxylic acids is 1. The second kappa shape index (κ2) is 6.79. The minimum atomic E-state index is -0.739. The molecular weight excluding hydrogens is 340 g/mol. The molecule has 0 radical (unpaired) electrons. The molecule has 138 valence electrons. The van der Waals surface area contributed by atoms with E-state index in [4.69, 9.17) is 0 Å². The first-order chi connectivity index (χ1) is 12.5. The van der Waals surface area contributed by atoms with Crippen molar-refractivity contribution in [2.45, 2.75) is 43.9 Å². The van der Waals surface area contributed by atoms with Crippen LogP contribution in [0.2, 0.25) is 0 Å². The predicted molar refractivity (Wildman–Crippen MR) is 93.3 cm³/mol.